The number of hydrogen-bond donors (Lipinski definition) is 1. The highest BCUT2D eigenvalue weighted by atomic mass is 35.5. The minimum atomic E-state index is 0.387. The van der Waals surface area contributed by atoms with Crippen molar-refractivity contribution in [2.75, 3.05) is 6.54 Å². The van der Waals surface area contributed by atoms with Gasteiger partial charge in [-0.3, -0.25) is 0 Å². The summed E-state index contributed by atoms with van der Waals surface area (Å²) in [6, 6.07) is 13.1. The third-order valence-corrected chi connectivity index (χ3v) is 6.47. The van der Waals surface area contributed by atoms with Crippen molar-refractivity contribution >= 4 is 44.4 Å². The van der Waals surface area contributed by atoms with Crippen molar-refractivity contribution in [3.05, 3.63) is 56.1 Å². The second-order valence-electron chi connectivity index (χ2n) is 5.22. The van der Waals surface area contributed by atoms with Crippen molar-refractivity contribution in [1.29, 1.82) is 0 Å². The molecular formula is C17H18ClNS2. The van der Waals surface area contributed by atoms with E-state index in [2.05, 4.69) is 49.5 Å². The molecule has 0 saturated carbocycles. The van der Waals surface area contributed by atoms with Gasteiger partial charge < -0.3 is 5.32 Å². The van der Waals surface area contributed by atoms with Crippen LogP contribution in [0, 0.1) is 6.92 Å². The highest BCUT2D eigenvalue weighted by Crippen LogP contribution is 2.34. The minimum Gasteiger partial charge on any atom is -0.309 e. The Morgan fingerprint density at radius 3 is 2.67 bits per heavy atom. The number of halogens is 1. The molecule has 0 spiro atoms. The zero-order valence-corrected chi connectivity index (χ0v) is 14.5. The highest BCUT2D eigenvalue weighted by Gasteiger charge is 2.13. The van der Waals surface area contributed by atoms with E-state index in [-0.39, 0.29) is 0 Å². The normalized spacial score (nSPS) is 12.9. The van der Waals surface area contributed by atoms with E-state index in [9.17, 15) is 0 Å². The molecule has 0 aliphatic rings. The van der Waals surface area contributed by atoms with Crippen molar-refractivity contribution < 1.29 is 0 Å². The fraction of sp³-hybridized carbons (Fsp3) is 0.294. The molecule has 1 N–H and O–H groups in total. The molecule has 0 radical (unpaired) electrons. The zero-order valence-electron chi connectivity index (χ0n) is 12.2. The van der Waals surface area contributed by atoms with E-state index in [1.165, 1.54) is 25.4 Å². The average Bonchev–Trinajstić information content (AvgIpc) is 3.03. The largest absolute Gasteiger partial charge is 0.309 e. The van der Waals surface area contributed by atoms with Crippen LogP contribution in [-0.2, 0) is 6.42 Å². The van der Waals surface area contributed by atoms with Crippen LogP contribution in [0.3, 0.4) is 0 Å². The molecule has 1 aromatic carbocycles. The maximum absolute atomic E-state index is 5.96. The maximum atomic E-state index is 5.96. The summed E-state index contributed by atoms with van der Waals surface area (Å²) in [6.45, 7) is 5.45. The molecule has 0 aliphatic heterocycles. The molecule has 4 heteroatoms. The predicted molar refractivity (Wildman–Crippen MR) is 96.0 cm³/mol. The van der Waals surface area contributed by atoms with Crippen molar-refractivity contribution in [2.24, 2.45) is 0 Å². The zero-order chi connectivity index (χ0) is 14.8. The lowest BCUT2D eigenvalue weighted by Crippen LogP contribution is -2.20. The number of thiophene rings is 2. The Kier molecular flexibility index (Phi) is 4.65. The standard InChI is InChI=1S/C17H18ClNS2/c1-11-14-5-3-4-6-15(14)21-17(11)12(2)19-10-9-13-7-8-16(18)20-13/h3-8,12,19H,9-10H2,1-2H3. The summed E-state index contributed by atoms with van der Waals surface area (Å²) in [4.78, 5) is 2.79. The summed E-state index contributed by atoms with van der Waals surface area (Å²) in [5, 5.41) is 5.02. The van der Waals surface area contributed by atoms with E-state index < -0.39 is 0 Å². The first-order valence-corrected chi connectivity index (χ1v) is 9.12. The van der Waals surface area contributed by atoms with Crippen LogP contribution in [0.4, 0.5) is 0 Å². The Labute approximate surface area is 138 Å². The van der Waals surface area contributed by atoms with Gasteiger partial charge in [-0.15, -0.1) is 22.7 Å². The molecular weight excluding hydrogens is 318 g/mol. The monoisotopic (exact) mass is 335 g/mol. The van der Waals surface area contributed by atoms with Gasteiger partial charge in [0.05, 0.1) is 4.34 Å². The fourth-order valence-electron chi connectivity index (χ4n) is 2.60. The molecule has 110 valence electrons. The lowest BCUT2D eigenvalue weighted by Gasteiger charge is -2.13. The first-order chi connectivity index (χ1) is 10.1. The topological polar surface area (TPSA) is 12.0 Å². The molecule has 1 atom stereocenters. The Balaban J connectivity index is 1.66. The second kappa shape index (κ2) is 6.49. The predicted octanol–water partition coefficient (Wildman–Crippen LogP) is 5.82. The Morgan fingerprint density at radius 2 is 1.95 bits per heavy atom. The molecule has 2 aromatic heterocycles. The summed E-state index contributed by atoms with van der Waals surface area (Å²) in [5.74, 6) is 0. The van der Waals surface area contributed by atoms with Gasteiger partial charge in [-0.25, -0.2) is 0 Å². The van der Waals surface area contributed by atoms with Crippen LogP contribution in [0.1, 0.15) is 28.3 Å². The summed E-state index contributed by atoms with van der Waals surface area (Å²) in [6.07, 6.45) is 1.03. The summed E-state index contributed by atoms with van der Waals surface area (Å²) in [5.41, 5.74) is 1.41. The van der Waals surface area contributed by atoms with Gasteiger partial charge in [0.15, 0.2) is 0 Å². The number of aryl methyl sites for hydroxylation is 1. The molecule has 1 nitrogen and oxygen atoms in total. The molecule has 2 heterocycles. The van der Waals surface area contributed by atoms with E-state index in [1.54, 1.807) is 11.3 Å². The lowest BCUT2D eigenvalue weighted by atomic mass is 10.1. The average molecular weight is 336 g/mol. The Bertz CT molecular complexity index is 744. The van der Waals surface area contributed by atoms with Gasteiger partial charge in [0.2, 0.25) is 0 Å². The third-order valence-electron chi connectivity index (χ3n) is 3.72. The van der Waals surface area contributed by atoms with E-state index >= 15 is 0 Å². The smallest absolute Gasteiger partial charge is 0.0931 e. The minimum absolute atomic E-state index is 0.387. The van der Waals surface area contributed by atoms with Crippen LogP contribution in [0.25, 0.3) is 10.1 Å². The number of nitrogens with one attached hydrogen (secondary N) is 1. The van der Waals surface area contributed by atoms with Crippen LogP contribution < -0.4 is 5.32 Å². The van der Waals surface area contributed by atoms with Crippen molar-refractivity contribution in [3.8, 4) is 0 Å². The van der Waals surface area contributed by atoms with Crippen LogP contribution >= 0.6 is 34.3 Å². The molecule has 1 unspecified atom stereocenters. The van der Waals surface area contributed by atoms with Gasteiger partial charge >= 0.3 is 0 Å². The van der Waals surface area contributed by atoms with Crippen molar-refractivity contribution in [2.45, 2.75) is 26.3 Å². The molecule has 0 amide bonds. The molecule has 0 bridgehead atoms. The van der Waals surface area contributed by atoms with Gasteiger partial charge in [-0.1, -0.05) is 29.8 Å². The molecule has 0 aliphatic carbocycles. The molecule has 21 heavy (non-hydrogen) atoms. The second-order valence-corrected chi connectivity index (χ2v) is 8.10. The van der Waals surface area contributed by atoms with Crippen LogP contribution in [0.15, 0.2) is 36.4 Å². The first-order valence-electron chi connectivity index (χ1n) is 7.11. The number of fused-ring (bicyclic) bond motifs is 1. The quantitative estimate of drug-likeness (QED) is 0.619. The number of rotatable bonds is 5. The van der Waals surface area contributed by atoms with Crippen molar-refractivity contribution in [3.63, 3.8) is 0 Å². The maximum Gasteiger partial charge on any atom is 0.0931 e. The third kappa shape index (κ3) is 3.32. The molecule has 0 saturated heterocycles. The van der Waals surface area contributed by atoms with Gasteiger partial charge in [-0.2, -0.15) is 0 Å². The summed E-state index contributed by atoms with van der Waals surface area (Å²) in [7, 11) is 0. The van der Waals surface area contributed by atoms with E-state index in [0.717, 1.165) is 17.3 Å². The van der Waals surface area contributed by atoms with Gasteiger partial charge in [-0.05, 0) is 49.4 Å². The van der Waals surface area contributed by atoms with E-state index in [0.29, 0.717) is 6.04 Å². The van der Waals surface area contributed by atoms with Crippen LogP contribution in [-0.4, -0.2) is 6.54 Å². The lowest BCUT2D eigenvalue weighted by molar-refractivity contribution is 0.585. The Hall–Kier alpha value is -0.870. The SMILES string of the molecule is Cc1c(C(C)NCCc2ccc(Cl)s2)sc2ccccc12. The van der Waals surface area contributed by atoms with Gasteiger partial charge in [0, 0.05) is 27.0 Å². The molecule has 3 rings (SSSR count). The Morgan fingerprint density at radius 1 is 1.14 bits per heavy atom. The summed E-state index contributed by atoms with van der Waals surface area (Å²) < 4.78 is 2.25. The summed E-state index contributed by atoms with van der Waals surface area (Å²) >= 11 is 9.54. The van der Waals surface area contributed by atoms with Crippen molar-refractivity contribution in [1.82, 2.24) is 5.32 Å². The van der Waals surface area contributed by atoms with E-state index in [1.807, 2.05) is 17.4 Å². The first kappa shape index (κ1) is 15.0. The van der Waals surface area contributed by atoms with Gasteiger partial charge in [0.1, 0.15) is 0 Å². The van der Waals surface area contributed by atoms with E-state index in [4.69, 9.17) is 11.6 Å². The van der Waals surface area contributed by atoms with Crippen LogP contribution in [0.2, 0.25) is 4.34 Å². The highest BCUT2D eigenvalue weighted by molar-refractivity contribution is 7.19. The fourth-order valence-corrected chi connectivity index (χ4v) is 4.92. The van der Waals surface area contributed by atoms with Crippen LogP contribution in [0.5, 0.6) is 0 Å². The number of benzene rings is 1. The molecule has 0 fully saturated rings. The van der Waals surface area contributed by atoms with Gasteiger partial charge in [0.25, 0.3) is 0 Å². The number of hydrogen-bond acceptors (Lipinski definition) is 3. The molecule has 3 aromatic rings.